The highest BCUT2D eigenvalue weighted by atomic mass is 16.6. The first-order valence-corrected chi connectivity index (χ1v) is 6.37. The monoisotopic (exact) mass is 267 g/mol. The number of hydrogen-bond acceptors (Lipinski definition) is 5. The number of ketones is 1. The first kappa shape index (κ1) is 17.0. The average Bonchev–Trinajstić information content (AvgIpc) is 2.62. The van der Waals surface area contributed by atoms with Gasteiger partial charge >= 0.3 is 5.70 Å². The Morgan fingerprint density at radius 1 is 1.42 bits per heavy atom. The van der Waals surface area contributed by atoms with E-state index in [0.29, 0.717) is 18.4 Å². The molecule has 0 atom stereocenters. The van der Waals surface area contributed by atoms with Crippen LogP contribution in [0.25, 0.3) is 0 Å². The molecule has 0 saturated carbocycles. The van der Waals surface area contributed by atoms with Crippen LogP contribution in [0.4, 0.5) is 0 Å². The van der Waals surface area contributed by atoms with Crippen LogP contribution in [0.3, 0.4) is 0 Å². The zero-order chi connectivity index (χ0) is 14.8. The van der Waals surface area contributed by atoms with Crippen LogP contribution in [0.1, 0.15) is 39.5 Å². The van der Waals surface area contributed by atoms with Gasteiger partial charge < -0.3 is 5.73 Å². The summed E-state index contributed by atoms with van der Waals surface area (Å²) in [5, 5.41) is 10.8. The fourth-order valence-corrected chi connectivity index (χ4v) is 1.79. The summed E-state index contributed by atoms with van der Waals surface area (Å²) in [7, 11) is 1.46. The van der Waals surface area contributed by atoms with Gasteiger partial charge in [-0.05, 0) is 30.9 Å². The van der Waals surface area contributed by atoms with Crippen LogP contribution < -0.4 is 5.73 Å². The SMILES string of the molecule is CC.CN=C(C1=CC(=O)CCCC1)/C(=C\N)[N+](=O)[O-]. The Labute approximate surface area is 113 Å². The van der Waals surface area contributed by atoms with Gasteiger partial charge in [-0.2, -0.15) is 0 Å². The van der Waals surface area contributed by atoms with E-state index in [1.54, 1.807) is 0 Å². The first-order chi connectivity index (χ1) is 9.10. The summed E-state index contributed by atoms with van der Waals surface area (Å²) in [4.78, 5) is 25.5. The van der Waals surface area contributed by atoms with Gasteiger partial charge in [0.2, 0.25) is 0 Å². The van der Waals surface area contributed by atoms with Crippen molar-refractivity contribution in [3.63, 3.8) is 0 Å². The lowest BCUT2D eigenvalue weighted by Crippen LogP contribution is -2.16. The smallest absolute Gasteiger partial charge is 0.309 e. The van der Waals surface area contributed by atoms with Gasteiger partial charge in [0.15, 0.2) is 5.78 Å². The van der Waals surface area contributed by atoms with Crippen molar-refractivity contribution in [1.82, 2.24) is 0 Å². The fourth-order valence-electron chi connectivity index (χ4n) is 1.79. The molecule has 1 aliphatic rings. The lowest BCUT2D eigenvalue weighted by Gasteiger charge is -2.05. The summed E-state index contributed by atoms with van der Waals surface area (Å²) in [6.07, 6.45) is 5.09. The van der Waals surface area contributed by atoms with Gasteiger partial charge in [-0.15, -0.1) is 0 Å². The predicted molar refractivity (Wildman–Crippen MR) is 75.5 cm³/mol. The summed E-state index contributed by atoms with van der Waals surface area (Å²) in [5.74, 6) is -0.0154. The molecule has 106 valence electrons. The Bertz CT molecular complexity index is 423. The maximum atomic E-state index is 11.4. The summed E-state index contributed by atoms with van der Waals surface area (Å²) >= 11 is 0. The fraction of sp³-hybridized carbons (Fsp3) is 0.538. The summed E-state index contributed by atoms with van der Waals surface area (Å²) in [6, 6.07) is 0. The summed E-state index contributed by atoms with van der Waals surface area (Å²) in [5.41, 5.74) is 5.78. The molecule has 0 aromatic rings. The van der Waals surface area contributed by atoms with Crippen molar-refractivity contribution in [1.29, 1.82) is 0 Å². The number of nitro groups is 1. The number of allylic oxidation sites excluding steroid dienone is 2. The van der Waals surface area contributed by atoms with Gasteiger partial charge in [0.05, 0.1) is 11.1 Å². The normalized spacial score (nSPS) is 17.0. The Balaban J connectivity index is 0.00000154. The third kappa shape index (κ3) is 5.03. The van der Waals surface area contributed by atoms with Crippen LogP contribution in [0.2, 0.25) is 0 Å². The molecule has 6 heteroatoms. The van der Waals surface area contributed by atoms with Crippen molar-refractivity contribution in [2.45, 2.75) is 39.5 Å². The van der Waals surface area contributed by atoms with Crippen molar-refractivity contribution in [3.8, 4) is 0 Å². The molecule has 0 amide bonds. The van der Waals surface area contributed by atoms with Crippen LogP contribution in [0, 0.1) is 10.1 Å². The van der Waals surface area contributed by atoms with E-state index in [-0.39, 0.29) is 17.2 Å². The standard InChI is InChI=1S/C11H15N3O3.C2H6/c1-13-11(10(7-12)14(16)17)8-4-2-3-5-9(15)6-8;1-2/h6-7H,2-5,12H2,1H3;1-2H3/b10-7+,13-11?;. The van der Waals surface area contributed by atoms with Crippen molar-refractivity contribution in [3.05, 3.63) is 33.7 Å². The molecule has 1 aliphatic carbocycles. The molecule has 0 bridgehead atoms. The molecule has 0 aromatic heterocycles. The highest BCUT2D eigenvalue weighted by Crippen LogP contribution is 2.20. The van der Waals surface area contributed by atoms with E-state index >= 15 is 0 Å². The zero-order valence-corrected chi connectivity index (χ0v) is 11.7. The van der Waals surface area contributed by atoms with E-state index in [2.05, 4.69) is 4.99 Å². The molecular weight excluding hydrogens is 246 g/mol. The Kier molecular flexibility index (Phi) is 8.08. The van der Waals surface area contributed by atoms with Gasteiger partial charge in [0.1, 0.15) is 5.71 Å². The molecule has 19 heavy (non-hydrogen) atoms. The number of nitrogens with zero attached hydrogens (tertiary/aromatic N) is 2. The van der Waals surface area contributed by atoms with Crippen molar-refractivity contribution < 1.29 is 9.72 Å². The number of rotatable bonds is 3. The Morgan fingerprint density at radius 3 is 2.47 bits per heavy atom. The second kappa shape index (κ2) is 9.02. The van der Waals surface area contributed by atoms with Crippen LogP contribution in [-0.4, -0.2) is 23.5 Å². The second-order valence-electron chi connectivity index (χ2n) is 3.72. The molecule has 0 fully saturated rings. The van der Waals surface area contributed by atoms with E-state index in [1.165, 1.54) is 13.1 Å². The first-order valence-electron chi connectivity index (χ1n) is 6.37. The van der Waals surface area contributed by atoms with E-state index in [4.69, 9.17) is 5.73 Å². The highest BCUT2D eigenvalue weighted by Gasteiger charge is 2.23. The third-order valence-corrected chi connectivity index (χ3v) is 2.58. The Morgan fingerprint density at radius 2 is 2.00 bits per heavy atom. The van der Waals surface area contributed by atoms with Gasteiger partial charge in [-0.1, -0.05) is 13.8 Å². The van der Waals surface area contributed by atoms with Crippen molar-refractivity contribution in [2.75, 3.05) is 7.05 Å². The highest BCUT2D eigenvalue weighted by molar-refractivity contribution is 6.13. The quantitative estimate of drug-likeness (QED) is 0.481. The molecular formula is C13H21N3O3. The summed E-state index contributed by atoms with van der Waals surface area (Å²) < 4.78 is 0. The number of carbonyl (C=O) groups excluding carboxylic acids is 1. The molecule has 0 heterocycles. The lowest BCUT2D eigenvalue weighted by atomic mass is 10.0. The minimum absolute atomic E-state index is 0.0154. The molecule has 0 radical (unpaired) electrons. The molecule has 0 saturated heterocycles. The molecule has 0 aromatic carbocycles. The second-order valence-corrected chi connectivity index (χ2v) is 3.72. The van der Waals surface area contributed by atoms with Crippen LogP contribution in [-0.2, 0) is 4.79 Å². The topological polar surface area (TPSA) is 98.6 Å². The van der Waals surface area contributed by atoms with Crippen molar-refractivity contribution >= 4 is 11.5 Å². The zero-order valence-electron chi connectivity index (χ0n) is 11.7. The predicted octanol–water partition coefficient (Wildman–Crippen LogP) is 2.23. The minimum Gasteiger partial charge on any atom is -0.399 e. The van der Waals surface area contributed by atoms with E-state index in [0.717, 1.165) is 19.0 Å². The van der Waals surface area contributed by atoms with E-state index < -0.39 is 4.92 Å². The maximum absolute atomic E-state index is 11.4. The van der Waals surface area contributed by atoms with E-state index in [9.17, 15) is 14.9 Å². The van der Waals surface area contributed by atoms with Crippen LogP contribution in [0.5, 0.6) is 0 Å². The molecule has 0 aliphatic heterocycles. The number of nitrogens with two attached hydrogens (primary N) is 1. The lowest BCUT2D eigenvalue weighted by molar-refractivity contribution is -0.415. The van der Waals surface area contributed by atoms with Crippen LogP contribution in [0.15, 0.2) is 28.5 Å². The minimum atomic E-state index is -0.585. The number of hydrogen-bond donors (Lipinski definition) is 1. The van der Waals surface area contributed by atoms with Gasteiger partial charge in [-0.3, -0.25) is 19.9 Å². The molecule has 1 rings (SSSR count). The van der Waals surface area contributed by atoms with Gasteiger partial charge in [0.25, 0.3) is 0 Å². The van der Waals surface area contributed by atoms with E-state index in [1.807, 2.05) is 13.8 Å². The molecule has 6 nitrogen and oxygen atoms in total. The molecule has 0 spiro atoms. The molecule has 0 unspecified atom stereocenters. The summed E-state index contributed by atoms with van der Waals surface area (Å²) in [6.45, 7) is 4.00. The number of aliphatic imine (C=N–C) groups is 1. The average molecular weight is 267 g/mol. The van der Waals surface area contributed by atoms with Crippen LogP contribution >= 0.6 is 0 Å². The van der Waals surface area contributed by atoms with Crippen molar-refractivity contribution in [2.24, 2.45) is 10.7 Å². The number of carbonyl (C=O) groups is 1. The Hall–Kier alpha value is -1.98. The van der Waals surface area contributed by atoms with Gasteiger partial charge in [-0.25, -0.2) is 0 Å². The molecule has 2 N–H and O–H groups in total. The largest absolute Gasteiger partial charge is 0.399 e. The third-order valence-electron chi connectivity index (χ3n) is 2.58. The maximum Gasteiger partial charge on any atom is 0.309 e. The van der Waals surface area contributed by atoms with Gasteiger partial charge in [0, 0.05) is 13.5 Å².